The van der Waals surface area contributed by atoms with Crippen molar-refractivity contribution < 1.29 is 4.79 Å². The number of aryl methyl sites for hydroxylation is 1. The maximum atomic E-state index is 12.6. The number of anilines is 2. The van der Waals surface area contributed by atoms with Crippen molar-refractivity contribution in [2.75, 3.05) is 24.1 Å². The van der Waals surface area contributed by atoms with Gasteiger partial charge in [0.25, 0.3) is 5.91 Å². The van der Waals surface area contributed by atoms with Crippen molar-refractivity contribution in [3.63, 3.8) is 0 Å². The summed E-state index contributed by atoms with van der Waals surface area (Å²) in [5, 5.41) is 12.2. The van der Waals surface area contributed by atoms with E-state index in [-0.39, 0.29) is 11.9 Å². The summed E-state index contributed by atoms with van der Waals surface area (Å²) >= 11 is 6.49. The molecule has 0 spiro atoms. The molecule has 9 heteroatoms. The van der Waals surface area contributed by atoms with Gasteiger partial charge in [0.05, 0.1) is 28.2 Å². The third-order valence-corrected chi connectivity index (χ3v) is 5.74. The molecule has 4 N–H and O–H groups in total. The molecule has 0 unspecified atom stereocenters. The number of nitrogen functional groups attached to an aromatic ring is 1. The van der Waals surface area contributed by atoms with Crippen molar-refractivity contribution in [1.29, 1.82) is 0 Å². The van der Waals surface area contributed by atoms with Gasteiger partial charge in [-0.25, -0.2) is 9.97 Å². The summed E-state index contributed by atoms with van der Waals surface area (Å²) in [7, 11) is 0. The minimum Gasteiger partial charge on any atom is -0.383 e. The number of aromatic nitrogens is 4. The summed E-state index contributed by atoms with van der Waals surface area (Å²) in [4.78, 5) is 21.0. The van der Waals surface area contributed by atoms with Crippen molar-refractivity contribution in [1.82, 2.24) is 25.1 Å². The molecule has 0 saturated carbocycles. The van der Waals surface area contributed by atoms with E-state index in [1.54, 1.807) is 30.6 Å². The second-order valence-corrected chi connectivity index (χ2v) is 7.93. The molecule has 31 heavy (non-hydrogen) atoms. The Morgan fingerprint density at radius 2 is 2.10 bits per heavy atom. The maximum Gasteiger partial charge on any atom is 0.256 e. The normalized spacial score (nSPS) is 13.9. The molecule has 1 aliphatic heterocycles. The molecule has 4 aromatic rings. The summed E-state index contributed by atoms with van der Waals surface area (Å²) in [5.41, 5.74) is 10.0. The fraction of sp³-hybridized carbons (Fsp3) is 0.182. The van der Waals surface area contributed by atoms with Gasteiger partial charge in [0.2, 0.25) is 0 Å². The monoisotopic (exact) mass is 433 g/mol. The maximum absolute atomic E-state index is 12.6. The fourth-order valence-corrected chi connectivity index (χ4v) is 3.98. The van der Waals surface area contributed by atoms with Crippen LogP contribution in [0.2, 0.25) is 5.02 Å². The summed E-state index contributed by atoms with van der Waals surface area (Å²) in [6, 6.07) is 11.0. The second kappa shape index (κ2) is 7.64. The average Bonchev–Trinajstić information content (AvgIpc) is 3.11. The molecule has 0 aliphatic carbocycles. The van der Waals surface area contributed by atoms with E-state index in [1.165, 1.54) is 0 Å². The molecule has 1 fully saturated rings. The lowest BCUT2D eigenvalue weighted by Gasteiger charge is -2.28. The minimum atomic E-state index is -0.228. The van der Waals surface area contributed by atoms with Crippen LogP contribution in [0, 0.1) is 6.92 Å². The highest BCUT2D eigenvalue weighted by Crippen LogP contribution is 2.38. The molecule has 4 heterocycles. The number of benzene rings is 1. The van der Waals surface area contributed by atoms with Crippen LogP contribution in [-0.4, -0.2) is 38.7 Å². The lowest BCUT2D eigenvalue weighted by Crippen LogP contribution is -2.43. The van der Waals surface area contributed by atoms with Gasteiger partial charge in [0.15, 0.2) is 0 Å². The van der Waals surface area contributed by atoms with Gasteiger partial charge in [-0.15, -0.1) is 0 Å². The molecule has 156 valence electrons. The topological polar surface area (TPSA) is 111 Å². The van der Waals surface area contributed by atoms with Crippen LogP contribution in [0.25, 0.3) is 22.2 Å². The molecule has 0 radical (unpaired) electrons. The summed E-state index contributed by atoms with van der Waals surface area (Å²) in [5.74, 6) is 0.652. The van der Waals surface area contributed by atoms with Gasteiger partial charge >= 0.3 is 0 Å². The Labute approximate surface area is 183 Å². The largest absolute Gasteiger partial charge is 0.383 e. The van der Waals surface area contributed by atoms with Crippen LogP contribution >= 0.6 is 11.6 Å². The van der Waals surface area contributed by atoms with Crippen LogP contribution in [0.15, 0.2) is 48.8 Å². The number of carbonyl (C=O) groups excluding carboxylic acids is 1. The molecular formula is C22H20ClN7O. The van der Waals surface area contributed by atoms with Gasteiger partial charge in [0.1, 0.15) is 17.3 Å². The van der Waals surface area contributed by atoms with Crippen molar-refractivity contribution in [3.05, 3.63) is 64.9 Å². The number of nitrogens with two attached hydrogens (primary N) is 1. The second-order valence-electron chi connectivity index (χ2n) is 7.52. The zero-order valence-electron chi connectivity index (χ0n) is 16.8. The first kappa shape index (κ1) is 19.5. The minimum absolute atomic E-state index is 0.208. The van der Waals surface area contributed by atoms with E-state index in [0.29, 0.717) is 27.9 Å². The predicted molar refractivity (Wildman–Crippen MR) is 121 cm³/mol. The zero-order chi connectivity index (χ0) is 21.5. The third-order valence-electron chi connectivity index (χ3n) is 5.47. The first-order valence-corrected chi connectivity index (χ1v) is 10.3. The van der Waals surface area contributed by atoms with E-state index in [9.17, 15) is 4.79 Å². The zero-order valence-corrected chi connectivity index (χ0v) is 17.5. The number of nitrogens with one attached hydrogen (secondary N) is 2. The molecule has 1 saturated heterocycles. The molecule has 1 aromatic carbocycles. The Hall–Kier alpha value is -3.49. The Bertz CT molecular complexity index is 1300. The molecule has 8 nitrogen and oxygen atoms in total. The van der Waals surface area contributed by atoms with Gasteiger partial charge in [-0.1, -0.05) is 23.7 Å². The first-order valence-electron chi connectivity index (χ1n) is 9.89. The van der Waals surface area contributed by atoms with E-state index in [0.717, 1.165) is 35.1 Å². The highest BCUT2D eigenvalue weighted by molar-refractivity contribution is 6.35. The first-order chi connectivity index (χ1) is 15.0. The van der Waals surface area contributed by atoms with Gasteiger partial charge in [-0.2, -0.15) is 5.10 Å². The number of nitrogens with zero attached hydrogens (tertiary/aromatic N) is 4. The quantitative estimate of drug-likeness (QED) is 0.454. The van der Waals surface area contributed by atoms with E-state index in [2.05, 4.69) is 20.6 Å². The lowest BCUT2D eigenvalue weighted by molar-refractivity contribution is 0.102. The number of pyridine rings is 2. The smallest absolute Gasteiger partial charge is 0.256 e. The average molecular weight is 434 g/mol. The van der Waals surface area contributed by atoms with E-state index in [1.807, 2.05) is 29.8 Å². The predicted octanol–water partition coefficient (Wildman–Crippen LogP) is 3.43. The lowest BCUT2D eigenvalue weighted by atomic mass is 10.00. The summed E-state index contributed by atoms with van der Waals surface area (Å²) in [6.07, 6.45) is 3.19. The van der Waals surface area contributed by atoms with Crippen molar-refractivity contribution in [2.45, 2.75) is 13.0 Å². The highest BCUT2D eigenvalue weighted by atomic mass is 35.5. The van der Waals surface area contributed by atoms with Gasteiger partial charge in [-0.3, -0.25) is 9.48 Å². The molecule has 0 atom stereocenters. The number of rotatable bonds is 4. The Morgan fingerprint density at radius 3 is 2.77 bits per heavy atom. The molecule has 1 amide bonds. The number of hydrogen-bond donors (Lipinski definition) is 3. The number of halogens is 1. The van der Waals surface area contributed by atoms with E-state index in [4.69, 9.17) is 22.4 Å². The van der Waals surface area contributed by atoms with Crippen molar-refractivity contribution in [3.8, 4) is 11.3 Å². The summed E-state index contributed by atoms with van der Waals surface area (Å²) in [6.45, 7) is 3.58. The SMILES string of the molecule is Cc1cc(C(=O)Nc2ccccn2)ccc1-c1nn(C2CNC2)c2c(Cl)cnc(N)c12. The standard InChI is InChI=1S/C22H20ClN7O/c1-12-8-13(22(31)28-17-4-2-3-7-26-17)5-6-15(12)19-18-20(16(23)11-27-21(18)24)30(29-19)14-9-25-10-14/h2-8,11,14,25H,9-10H2,1H3,(H2,24,27)(H,26,28,31). The number of carbonyl (C=O) groups is 1. The molecule has 5 rings (SSSR count). The highest BCUT2D eigenvalue weighted by Gasteiger charge is 2.27. The fourth-order valence-electron chi connectivity index (χ4n) is 3.75. The van der Waals surface area contributed by atoms with Gasteiger partial charge in [0, 0.05) is 30.4 Å². The number of hydrogen-bond acceptors (Lipinski definition) is 6. The summed E-state index contributed by atoms with van der Waals surface area (Å²) < 4.78 is 1.93. The van der Waals surface area contributed by atoms with Crippen molar-refractivity contribution in [2.24, 2.45) is 0 Å². The number of amides is 1. The Balaban J connectivity index is 1.56. The van der Waals surface area contributed by atoms with Crippen LogP contribution < -0.4 is 16.4 Å². The molecule has 3 aromatic heterocycles. The van der Waals surface area contributed by atoms with Crippen LogP contribution in [0.3, 0.4) is 0 Å². The van der Waals surface area contributed by atoms with Crippen LogP contribution in [0.5, 0.6) is 0 Å². The van der Waals surface area contributed by atoms with E-state index >= 15 is 0 Å². The Morgan fingerprint density at radius 1 is 1.26 bits per heavy atom. The van der Waals surface area contributed by atoms with Gasteiger partial charge in [-0.05, 0) is 36.8 Å². The van der Waals surface area contributed by atoms with Crippen LogP contribution in [0.4, 0.5) is 11.6 Å². The van der Waals surface area contributed by atoms with E-state index < -0.39 is 0 Å². The molecule has 1 aliphatic rings. The van der Waals surface area contributed by atoms with Gasteiger partial charge < -0.3 is 16.4 Å². The molecule has 0 bridgehead atoms. The van der Waals surface area contributed by atoms with Crippen molar-refractivity contribution >= 4 is 40.0 Å². The van der Waals surface area contributed by atoms with Crippen LogP contribution in [-0.2, 0) is 0 Å². The number of fused-ring (bicyclic) bond motifs is 1. The van der Waals surface area contributed by atoms with Crippen LogP contribution in [0.1, 0.15) is 22.0 Å². The third kappa shape index (κ3) is 3.39. The molecular weight excluding hydrogens is 414 g/mol. The Kier molecular flexibility index (Phi) is 4.80.